The standard InChI is InChI=1S/C9H8ClF2NO2/c1-4-3-5(7(10)14)6(8(11)12)13-9(4)15-2/h3,8H,1-2H3. The molecule has 15 heavy (non-hydrogen) atoms. The van der Waals surface area contributed by atoms with Crippen LogP contribution in [0.2, 0.25) is 0 Å². The van der Waals surface area contributed by atoms with E-state index in [4.69, 9.17) is 16.3 Å². The lowest BCUT2D eigenvalue weighted by Crippen LogP contribution is -2.05. The number of hydrogen-bond donors (Lipinski definition) is 0. The van der Waals surface area contributed by atoms with Gasteiger partial charge in [-0.05, 0) is 24.6 Å². The molecule has 0 bridgehead atoms. The van der Waals surface area contributed by atoms with E-state index in [1.54, 1.807) is 6.92 Å². The van der Waals surface area contributed by atoms with Crippen molar-refractivity contribution in [3.8, 4) is 5.88 Å². The molecule has 0 saturated heterocycles. The average Bonchev–Trinajstić information content (AvgIpc) is 2.16. The lowest BCUT2D eigenvalue weighted by molar-refractivity contribution is 0.106. The number of rotatable bonds is 3. The summed E-state index contributed by atoms with van der Waals surface area (Å²) in [6, 6.07) is 1.24. The normalized spacial score (nSPS) is 10.5. The molecule has 6 heteroatoms. The van der Waals surface area contributed by atoms with E-state index in [-0.39, 0.29) is 11.4 Å². The Morgan fingerprint density at radius 1 is 1.60 bits per heavy atom. The molecule has 0 aliphatic rings. The molecule has 1 heterocycles. The van der Waals surface area contributed by atoms with Crippen LogP contribution in [0.25, 0.3) is 0 Å². The molecule has 82 valence electrons. The third-order valence-corrected chi connectivity index (χ3v) is 2.01. The van der Waals surface area contributed by atoms with Crippen molar-refractivity contribution in [1.82, 2.24) is 4.98 Å². The van der Waals surface area contributed by atoms with E-state index in [1.165, 1.54) is 13.2 Å². The number of alkyl halides is 2. The fourth-order valence-electron chi connectivity index (χ4n) is 1.14. The molecule has 0 radical (unpaired) electrons. The van der Waals surface area contributed by atoms with Crippen molar-refractivity contribution in [2.75, 3.05) is 7.11 Å². The molecule has 1 aromatic heterocycles. The Bertz CT molecular complexity index is 396. The first-order chi connectivity index (χ1) is 6.97. The van der Waals surface area contributed by atoms with Gasteiger partial charge in [-0.15, -0.1) is 0 Å². The molecule has 0 unspecified atom stereocenters. The van der Waals surface area contributed by atoms with Gasteiger partial charge in [-0.3, -0.25) is 4.79 Å². The first-order valence-corrected chi connectivity index (χ1v) is 4.38. The maximum atomic E-state index is 12.5. The molecule has 0 aliphatic heterocycles. The maximum absolute atomic E-state index is 12.5. The van der Waals surface area contributed by atoms with E-state index in [2.05, 4.69) is 4.98 Å². The second kappa shape index (κ2) is 4.53. The molecular weight excluding hydrogens is 228 g/mol. The topological polar surface area (TPSA) is 39.2 Å². The number of methoxy groups -OCH3 is 1. The van der Waals surface area contributed by atoms with Gasteiger partial charge in [0, 0.05) is 5.56 Å². The highest BCUT2D eigenvalue weighted by Crippen LogP contribution is 2.27. The van der Waals surface area contributed by atoms with Crippen LogP contribution in [0.5, 0.6) is 5.88 Å². The SMILES string of the molecule is COc1nc(C(F)F)c(C(=O)Cl)cc1C. The van der Waals surface area contributed by atoms with Crippen molar-refractivity contribution in [3.05, 3.63) is 22.9 Å². The zero-order chi connectivity index (χ0) is 11.6. The van der Waals surface area contributed by atoms with Gasteiger partial charge in [0.15, 0.2) is 0 Å². The molecule has 0 aromatic carbocycles. The summed E-state index contributed by atoms with van der Waals surface area (Å²) in [5, 5.41) is -0.955. The number of halogens is 3. The number of carbonyl (C=O) groups is 1. The van der Waals surface area contributed by atoms with Gasteiger partial charge in [-0.2, -0.15) is 0 Å². The zero-order valence-corrected chi connectivity index (χ0v) is 8.81. The molecule has 0 atom stereocenters. The van der Waals surface area contributed by atoms with E-state index in [1.807, 2.05) is 0 Å². The Kier molecular flexibility index (Phi) is 3.57. The number of hydrogen-bond acceptors (Lipinski definition) is 3. The summed E-state index contributed by atoms with van der Waals surface area (Å²) in [6.07, 6.45) is -2.86. The summed E-state index contributed by atoms with van der Waals surface area (Å²) in [5.74, 6) is 0.0620. The highest BCUT2D eigenvalue weighted by atomic mass is 35.5. The van der Waals surface area contributed by atoms with E-state index in [0.717, 1.165) is 0 Å². The number of pyridine rings is 1. The minimum Gasteiger partial charge on any atom is -0.481 e. The van der Waals surface area contributed by atoms with Crippen molar-refractivity contribution in [2.45, 2.75) is 13.3 Å². The summed E-state index contributed by atoms with van der Waals surface area (Å²) >= 11 is 5.17. The fraction of sp³-hybridized carbons (Fsp3) is 0.333. The van der Waals surface area contributed by atoms with Crippen LogP contribution < -0.4 is 4.74 Å². The molecule has 3 nitrogen and oxygen atoms in total. The molecule has 1 aromatic rings. The smallest absolute Gasteiger partial charge is 0.281 e. The van der Waals surface area contributed by atoms with Crippen LogP contribution in [0, 0.1) is 6.92 Å². The number of ether oxygens (including phenoxy) is 1. The largest absolute Gasteiger partial charge is 0.481 e. The molecule has 0 spiro atoms. The Labute approximate surface area is 90.0 Å². The second-order valence-electron chi connectivity index (χ2n) is 2.82. The van der Waals surface area contributed by atoms with Crippen molar-refractivity contribution in [1.29, 1.82) is 0 Å². The summed E-state index contributed by atoms with van der Waals surface area (Å²) in [5.41, 5.74) is -0.465. The van der Waals surface area contributed by atoms with Gasteiger partial charge in [0.2, 0.25) is 5.88 Å². The summed E-state index contributed by atoms with van der Waals surface area (Å²) in [4.78, 5) is 14.4. The minimum atomic E-state index is -2.86. The van der Waals surface area contributed by atoms with Crippen molar-refractivity contribution < 1.29 is 18.3 Å². The molecule has 0 fully saturated rings. The van der Waals surface area contributed by atoms with Gasteiger partial charge in [0.25, 0.3) is 11.7 Å². The highest BCUT2D eigenvalue weighted by molar-refractivity contribution is 6.67. The number of aryl methyl sites for hydroxylation is 1. The van der Waals surface area contributed by atoms with Crippen LogP contribution in [-0.2, 0) is 0 Å². The van der Waals surface area contributed by atoms with Gasteiger partial charge in [-0.1, -0.05) is 0 Å². The number of nitrogens with zero attached hydrogens (tertiary/aromatic N) is 1. The third-order valence-electron chi connectivity index (χ3n) is 1.81. The number of aromatic nitrogens is 1. The molecule has 0 saturated carbocycles. The molecule has 0 amide bonds. The predicted molar refractivity (Wildman–Crippen MR) is 50.7 cm³/mol. The average molecular weight is 236 g/mol. The van der Waals surface area contributed by atoms with E-state index in [0.29, 0.717) is 5.56 Å². The highest BCUT2D eigenvalue weighted by Gasteiger charge is 2.21. The first kappa shape index (κ1) is 11.8. The van der Waals surface area contributed by atoms with E-state index in [9.17, 15) is 13.6 Å². The van der Waals surface area contributed by atoms with E-state index < -0.39 is 17.4 Å². The Morgan fingerprint density at radius 2 is 2.20 bits per heavy atom. The van der Waals surface area contributed by atoms with Crippen LogP contribution in [-0.4, -0.2) is 17.3 Å². The molecular formula is C9H8ClF2NO2. The van der Waals surface area contributed by atoms with Crippen LogP contribution >= 0.6 is 11.6 Å². The van der Waals surface area contributed by atoms with Crippen molar-refractivity contribution >= 4 is 16.8 Å². The van der Waals surface area contributed by atoms with E-state index >= 15 is 0 Å². The fourth-order valence-corrected chi connectivity index (χ4v) is 1.29. The van der Waals surface area contributed by atoms with Gasteiger partial charge >= 0.3 is 0 Å². The van der Waals surface area contributed by atoms with Crippen molar-refractivity contribution in [3.63, 3.8) is 0 Å². The first-order valence-electron chi connectivity index (χ1n) is 4.01. The van der Waals surface area contributed by atoms with Crippen molar-refractivity contribution in [2.24, 2.45) is 0 Å². The molecule has 1 rings (SSSR count). The zero-order valence-electron chi connectivity index (χ0n) is 8.05. The Balaban J connectivity index is 3.38. The van der Waals surface area contributed by atoms with Gasteiger partial charge in [0.05, 0.1) is 12.7 Å². The lowest BCUT2D eigenvalue weighted by Gasteiger charge is -2.09. The Hall–Kier alpha value is -1.23. The van der Waals surface area contributed by atoms with Gasteiger partial charge in [-0.25, -0.2) is 13.8 Å². The third kappa shape index (κ3) is 2.41. The monoisotopic (exact) mass is 235 g/mol. The lowest BCUT2D eigenvalue weighted by atomic mass is 10.1. The molecule has 0 aliphatic carbocycles. The minimum absolute atomic E-state index is 0.0620. The van der Waals surface area contributed by atoms with Crippen LogP contribution in [0.3, 0.4) is 0 Å². The van der Waals surface area contributed by atoms with Gasteiger partial charge in [0.1, 0.15) is 5.69 Å². The Morgan fingerprint density at radius 3 is 2.60 bits per heavy atom. The number of carbonyl (C=O) groups excluding carboxylic acids is 1. The summed E-state index contributed by atoms with van der Waals surface area (Å²) in [7, 11) is 1.31. The summed E-state index contributed by atoms with van der Waals surface area (Å²) in [6.45, 7) is 1.59. The molecule has 0 N–H and O–H groups in total. The summed E-state index contributed by atoms with van der Waals surface area (Å²) < 4.78 is 29.8. The van der Waals surface area contributed by atoms with Gasteiger partial charge < -0.3 is 4.74 Å². The van der Waals surface area contributed by atoms with Crippen LogP contribution in [0.1, 0.15) is 28.0 Å². The second-order valence-corrected chi connectivity index (χ2v) is 3.17. The maximum Gasteiger partial charge on any atom is 0.281 e. The predicted octanol–water partition coefficient (Wildman–Crippen LogP) is 2.72. The van der Waals surface area contributed by atoms with Crippen LogP contribution in [0.4, 0.5) is 8.78 Å². The quantitative estimate of drug-likeness (QED) is 0.756. The van der Waals surface area contributed by atoms with Crippen LogP contribution in [0.15, 0.2) is 6.07 Å².